The normalized spacial score (nSPS) is 10.8. The number of rotatable bonds is 5. The molecule has 130 valence electrons. The number of nitrogens with one attached hydrogen (secondary N) is 1. The molecule has 26 heavy (non-hydrogen) atoms. The van der Waals surface area contributed by atoms with E-state index in [-0.39, 0.29) is 12.3 Å². The molecule has 0 aliphatic carbocycles. The smallest absolute Gasteiger partial charge is 0.230 e. The molecule has 4 nitrogen and oxygen atoms in total. The van der Waals surface area contributed by atoms with Crippen LogP contribution in [0.15, 0.2) is 51.9 Å². The van der Waals surface area contributed by atoms with Crippen LogP contribution in [0.25, 0.3) is 21.8 Å². The van der Waals surface area contributed by atoms with Crippen LogP contribution in [-0.4, -0.2) is 15.9 Å². The second-order valence-corrected chi connectivity index (χ2v) is 8.41. The summed E-state index contributed by atoms with van der Waals surface area (Å²) in [5, 5.41) is 13.0. The van der Waals surface area contributed by atoms with Crippen LogP contribution in [0.5, 0.6) is 0 Å². The first-order valence-corrected chi connectivity index (χ1v) is 10.7. The van der Waals surface area contributed by atoms with Gasteiger partial charge in [0.25, 0.3) is 0 Å². The number of aryl methyl sites for hydroxylation is 1. The molecule has 0 spiro atoms. The van der Waals surface area contributed by atoms with Crippen LogP contribution < -0.4 is 5.32 Å². The van der Waals surface area contributed by atoms with Gasteiger partial charge in [-0.3, -0.25) is 4.79 Å². The van der Waals surface area contributed by atoms with Crippen LogP contribution in [0.3, 0.4) is 0 Å². The highest BCUT2D eigenvalue weighted by Crippen LogP contribution is 2.26. The highest BCUT2D eigenvalue weighted by Gasteiger charge is 2.10. The summed E-state index contributed by atoms with van der Waals surface area (Å²) in [6.45, 7) is 1.99. The molecular weight excluding hydrogens is 382 g/mol. The largest absolute Gasteiger partial charge is 0.326 e. The number of hydrogen-bond donors (Lipinski definition) is 1. The first kappa shape index (κ1) is 17.1. The van der Waals surface area contributed by atoms with Gasteiger partial charge in [-0.25, -0.2) is 9.97 Å². The van der Waals surface area contributed by atoms with E-state index < -0.39 is 0 Å². The van der Waals surface area contributed by atoms with Gasteiger partial charge < -0.3 is 5.32 Å². The lowest BCUT2D eigenvalue weighted by Crippen LogP contribution is -2.14. The Labute approximate surface area is 163 Å². The van der Waals surface area contributed by atoms with Gasteiger partial charge in [-0.15, -0.1) is 22.7 Å². The van der Waals surface area contributed by atoms with Crippen LogP contribution in [-0.2, 0) is 11.2 Å². The number of hydrogen-bond acceptors (Lipinski definition) is 6. The number of amides is 1. The fourth-order valence-electron chi connectivity index (χ4n) is 2.50. The van der Waals surface area contributed by atoms with Crippen LogP contribution in [0.1, 0.15) is 10.7 Å². The van der Waals surface area contributed by atoms with E-state index in [2.05, 4.69) is 20.7 Å². The summed E-state index contributed by atoms with van der Waals surface area (Å²) < 4.78 is 0. The van der Waals surface area contributed by atoms with Gasteiger partial charge in [-0.1, -0.05) is 12.1 Å². The number of aromatic nitrogens is 2. The summed E-state index contributed by atoms with van der Waals surface area (Å²) in [5.41, 5.74) is 4.70. The van der Waals surface area contributed by atoms with E-state index in [0.29, 0.717) is 0 Å². The molecule has 0 aliphatic rings. The van der Waals surface area contributed by atoms with Crippen molar-refractivity contribution in [1.29, 1.82) is 0 Å². The Balaban J connectivity index is 1.39. The lowest BCUT2D eigenvalue weighted by Gasteiger charge is -2.05. The number of nitrogens with zero attached hydrogens (tertiary/aromatic N) is 2. The predicted octanol–water partition coefficient (Wildman–Crippen LogP) is 5.48. The zero-order chi connectivity index (χ0) is 17.9. The maximum Gasteiger partial charge on any atom is 0.230 e. The van der Waals surface area contributed by atoms with Gasteiger partial charge in [-0.05, 0) is 30.5 Å². The Morgan fingerprint density at radius 3 is 2.54 bits per heavy atom. The van der Waals surface area contributed by atoms with Crippen LogP contribution in [0, 0.1) is 6.92 Å². The minimum absolute atomic E-state index is 0.0654. The molecule has 1 amide bonds. The van der Waals surface area contributed by atoms with Crippen molar-refractivity contribution in [3.63, 3.8) is 0 Å². The predicted molar refractivity (Wildman–Crippen MR) is 110 cm³/mol. The highest BCUT2D eigenvalue weighted by molar-refractivity contribution is 7.14. The maximum atomic E-state index is 12.3. The molecule has 4 rings (SSSR count). The SMILES string of the molecule is Cc1nc(-c2ccc(NC(=O)Cc3csc(-c4ccsc4)n3)cc2)cs1. The van der Waals surface area contributed by atoms with E-state index in [1.165, 1.54) is 0 Å². The van der Waals surface area contributed by atoms with Crippen LogP contribution >= 0.6 is 34.0 Å². The van der Waals surface area contributed by atoms with Crippen LogP contribution in [0.4, 0.5) is 5.69 Å². The summed E-state index contributed by atoms with van der Waals surface area (Å²) in [6.07, 6.45) is 0.271. The lowest BCUT2D eigenvalue weighted by atomic mass is 10.1. The molecule has 0 unspecified atom stereocenters. The quantitative estimate of drug-likeness (QED) is 0.485. The summed E-state index contributed by atoms with van der Waals surface area (Å²) >= 11 is 4.84. The minimum atomic E-state index is -0.0654. The molecule has 0 aliphatic heterocycles. The molecule has 1 aromatic carbocycles. The van der Waals surface area contributed by atoms with E-state index in [1.807, 2.05) is 53.4 Å². The third-order valence-corrected chi connectivity index (χ3v) is 6.14. The Morgan fingerprint density at radius 2 is 1.85 bits per heavy atom. The molecule has 0 bridgehead atoms. The topological polar surface area (TPSA) is 54.9 Å². The molecule has 3 heterocycles. The number of thiophene rings is 1. The van der Waals surface area contributed by atoms with E-state index in [1.54, 1.807) is 34.0 Å². The average Bonchev–Trinajstić information content (AvgIpc) is 3.36. The first-order valence-electron chi connectivity index (χ1n) is 7.97. The molecule has 0 fully saturated rings. The molecule has 1 N–H and O–H groups in total. The van der Waals surface area contributed by atoms with Gasteiger partial charge in [0.2, 0.25) is 5.91 Å². The van der Waals surface area contributed by atoms with Gasteiger partial charge in [-0.2, -0.15) is 11.3 Å². The second-order valence-electron chi connectivity index (χ2n) is 5.71. The van der Waals surface area contributed by atoms with Crippen molar-refractivity contribution in [2.24, 2.45) is 0 Å². The van der Waals surface area contributed by atoms with Crippen molar-refractivity contribution in [2.45, 2.75) is 13.3 Å². The fraction of sp³-hybridized carbons (Fsp3) is 0.105. The van der Waals surface area contributed by atoms with Crippen molar-refractivity contribution in [3.8, 4) is 21.8 Å². The molecule has 4 aromatic rings. The Bertz CT molecular complexity index is 1020. The summed E-state index contributed by atoms with van der Waals surface area (Å²) in [6, 6.07) is 9.79. The Morgan fingerprint density at radius 1 is 1.00 bits per heavy atom. The molecule has 0 saturated heterocycles. The molecule has 0 radical (unpaired) electrons. The maximum absolute atomic E-state index is 12.3. The Hall–Kier alpha value is -2.35. The third kappa shape index (κ3) is 3.90. The van der Waals surface area contributed by atoms with Crippen molar-refractivity contribution in [3.05, 3.63) is 62.6 Å². The molecular formula is C19H15N3OS3. The van der Waals surface area contributed by atoms with Gasteiger partial charge >= 0.3 is 0 Å². The van der Waals surface area contributed by atoms with E-state index in [4.69, 9.17) is 0 Å². The molecule has 0 atom stereocenters. The van der Waals surface area contributed by atoms with Gasteiger partial charge in [0, 0.05) is 33.0 Å². The van der Waals surface area contributed by atoms with Gasteiger partial charge in [0.1, 0.15) is 5.01 Å². The zero-order valence-electron chi connectivity index (χ0n) is 13.9. The molecule has 3 aromatic heterocycles. The number of thiazole rings is 2. The standard InChI is InChI=1S/C19H15N3OS3/c1-12-20-17(11-25-12)13-2-4-15(5-3-13)21-18(23)8-16-10-26-19(22-16)14-6-7-24-9-14/h2-7,9-11H,8H2,1H3,(H,21,23). The number of carbonyl (C=O) groups is 1. The Kier molecular flexibility index (Phi) is 4.92. The zero-order valence-corrected chi connectivity index (χ0v) is 16.4. The third-order valence-electron chi connectivity index (χ3n) is 3.74. The minimum Gasteiger partial charge on any atom is -0.326 e. The monoisotopic (exact) mass is 397 g/mol. The fourth-order valence-corrected chi connectivity index (χ4v) is 4.65. The van der Waals surface area contributed by atoms with Crippen molar-refractivity contribution >= 4 is 45.6 Å². The number of benzene rings is 1. The van der Waals surface area contributed by atoms with Crippen molar-refractivity contribution in [2.75, 3.05) is 5.32 Å². The molecule has 7 heteroatoms. The van der Waals surface area contributed by atoms with Crippen molar-refractivity contribution < 1.29 is 4.79 Å². The van der Waals surface area contributed by atoms with E-state index in [0.717, 1.165) is 38.2 Å². The summed E-state index contributed by atoms with van der Waals surface area (Å²) in [5.74, 6) is -0.0654. The number of carbonyl (C=O) groups excluding carboxylic acids is 1. The van der Waals surface area contributed by atoms with Crippen molar-refractivity contribution in [1.82, 2.24) is 9.97 Å². The van der Waals surface area contributed by atoms with E-state index in [9.17, 15) is 4.79 Å². The number of anilines is 1. The second kappa shape index (κ2) is 7.49. The van der Waals surface area contributed by atoms with Gasteiger partial charge in [0.15, 0.2) is 0 Å². The molecule has 0 saturated carbocycles. The van der Waals surface area contributed by atoms with Gasteiger partial charge in [0.05, 0.1) is 22.8 Å². The first-order chi connectivity index (χ1) is 12.7. The highest BCUT2D eigenvalue weighted by atomic mass is 32.1. The summed E-state index contributed by atoms with van der Waals surface area (Å²) in [4.78, 5) is 21.3. The average molecular weight is 398 g/mol. The lowest BCUT2D eigenvalue weighted by molar-refractivity contribution is -0.115. The summed E-state index contributed by atoms with van der Waals surface area (Å²) in [7, 11) is 0. The van der Waals surface area contributed by atoms with Crippen LogP contribution in [0.2, 0.25) is 0 Å². The van der Waals surface area contributed by atoms with E-state index >= 15 is 0 Å².